The first-order chi connectivity index (χ1) is 9.56. The molecule has 0 bridgehead atoms. The molecule has 110 valence electrons. The predicted octanol–water partition coefficient (Wildman–Crippen LogP) is 0.301. The maximum Gasteiger partial charge on any atom is 0.252 e. The van der Waals surface area contributed by atoms with Gasteiger partial charge in [-0.05, 0) is 18.1 Å². The number of nitrogens with two attached hydrogens (primary N) is 1. The number of hydrogen-bond acceptors (Lipinski definition) is 4. The Hall–Kier alpha value is -1.95. The normalized spacial score (nSPS) is 13.3. The van der Waals surface area contributed by atoms with Crippen LogP contribution in [0.25, 0.3) is 0 Å². The Bertz CT molecular complexity index is 436. The molecule has 2 unspecified atom stereocenters. The minimum absolute atomic E-state index is 0.139. The Kier molecular flexibility index (Phi) is 6.66. The number of pyridine rings is 1. The molecule has 0 spiro atoms. The summed E-state index contributed by atoms with van der Waals surface area (Å²) in [6.45, 7) is 4.64. The Balaban J connectivity index is 2.25. The van der Waals surface area contributed by atoms with Crippen LogP contribution >= 0.6 is 0 Å². The number of carbonyl (C=O) groups excluding carboxylic acids is 2. The minimum Gasteiger partial charge on any atom is -0.353 e. The predicted molar refractivity (Wildman–Crippen MR) is 77.0 cm³/mol. The molecular weight excluding hydrogens is 256 g/mol. The third kappa shape index (κ3) is 4.97. The van der Waals surface area contributed by atoms with E-state index < -0.39 is 6.04 Å². The lowest BCUT2D eigenvalue weighted by Gasteiger charge is -2.17. The summed E-state index contributed by atoms with van der Waals surface area (Å²) in [6.07, 6.45) is 3.95. The largest absolute Gasteiger partial charge is 0.353 e. The van der Waals surface area contributed by atoms with Gasteiger partial charge in [0, 0.05) is 25.5 Å². The summed E-state index contributed by atoms with van der Waals surface area (Å²) in [7, 11) is 0. The second-order valence-electron chi connectivity index (χ2n) is 4.70. The molecule has 6 nitrogen and oxygen atoms in total. The highest BCUT2D eigenvalue weighted by atomic mass is 16.2. The summed E-state index contributed by atoms with van der Waals surface area (Å²) in [6, 6.07) is 2.87. The van der Waals surface area contributed by atoms with Crippen LogP contribution < -0.4 is 16.4 Å². The van der Waals surface area contributed by atoms with Crippen LogP contribution in [0.2, 0.25) is 0 Å². The van der Waals surface area contributed by atoms with Crippen LogP contribution in [0.1, 0.15) is 30.6 Å². The number of aromatic nitrogens is 1. The zero-order valence-corrected chi connectivity index (χ0v) is 11.9. The van der Waals surface area contributed by atoms with Crippen molar-refractivity contribution in [3.8, 4) is 0 Å². The van der Waals surface area contributed by atoms with Crippen molar-refractivity contribution in [3.05, 3.63) is 30.1 Å². The van der Waals surface area contributed by atoms with Crippen LogP contribution in [-0.2, 0) is 4.79 Å². The summed E-state index contributed by atoms with van der Waals surface area (Å²) in [5, 5.41) is 5.41. The molecule has 6 heteroatoms. The average Bonchev–Trinajstić information content (AvgIpc) is 2.50. The summed E-state index contributed by atoms with van der Waals surface area (Å²) in [5.74, 6) is -0.256. The molecule has 0 aromatic carbocycles. The van der Waals surface area contributed by atoms with E-state index in [4.69, 9.17) is 5.73 Å². The summed E-state index contributed by atoms with van der Waals surface area (Å²) < 4.78 is 0. The third-order valence-corrected chi connectivity index (χ3v) is 3.19. The minimum atomic E-state index is -0.506. The van der Waals surface area contributed by atoms with Gasteiger partial charge in [0.25, 0.3) is 5.91 Å². The van der Waals surface area contributed by atoms with Gasteiger partial charge in [-0.1, -0.05) is 20.3 Å². The summed E-state index contributed by atoms with van der Waals surface area (Å²) in [4.78, 5) is 27.3. The molecular formula is C14H22N4O2. The van der Waals surface area contributed by atoms with E-state index in [9.17, 15) is 9.59 Å². The van der Waals surface area contributed by atoms with Crippen LogP contribution in [0, 0.1) is 5.92 Å². The standard InChI is InChI=1S/C14H22N4O2/c1-3-10(2)12(15)14(20)18-8-7-17-13(19)11-5-4-6-16-9-11/h4-6,9-10,12H,3,7-8,15H2,1-2H3,(H,17,19)(H,18,20). The maximum atomic E-state index is 11.7. The van der Waals surface area contributed by atoms with E-state index in [0.29, 0.717) is 18.7 Å². The highest BCUT2D eigenvalue weighted by Gasteiger charge is 2.18. The van der Waals surface area contributed by atoms with E-state index in [-0.39, 0.29) is 17.7 Å². The topological polar surface area (TPSA) is 97.1 Å². The van der Waals surface area contributed by atoms with Crippen LogP contribution in [-0.4, -0.2) is 35.9 Å². The van der Waals surface area contributed by atoms with Crippen molar-refractivity contribution in [2.45, 2.75) is 26.3 Å². The fraction of sp³-hybridized carbons (Fsp3) is 0.500. The van der Waals surface area contributed by atoms with Gasteiger partial charge < -0.3 is 16.4 Å². The van der Waals surface area contributed by atoms with Gasteiger partial charge in [0.05, 0.1) is 11.6 Å². The lowest BCUT2D eigenvalue weighted by Crippen LogP contribution is -2.46. The molecule has 0 aliphatic heterocycles. The van der Waals surface area contributed by atoms with E-state index in [0.717, 1.165) is 6.42 Å². The van der Waals surface area contributed by atoms with Crippen molar-refractivity contribution in [2.24, 2.45) is 11.7 Å². The number of nitrogens with zero attached hydrogens (tertiary/aromatic N) is 1. The average molecular weight is 278 g/mol. The van der Waals surface area contributed by atoms with Crippen LogP contribution in [0.4, 0.5) is 0 Å². The smallest absolute Gasteiger partial charge is 0.252 e. The zero-order valence-electron chi connectivity index (χ0n) is 11.9. The molecule has 1 heterocycles. The number of amides is 2. The van der Waals surface area contributed by atoms with E-state index in [1.807, 2.05) is 13.8 Å². The molecule has 4 N–H and O–H groups in total. The fourth-order valence-corrected chi connectivity index (χ4v) is 1.59. The van der Waals surface area contributed by atoms with Gasteiger partial charge in [-0.2, -0.15) is 0 Å². The van der Waals surface area contributed by atoms with Gasteiger partial charge in [-0.25, -0.2) is 0 Å². The lowest BCUT2D eigenvalue weighted by atomic mass is 9.99. The lowest BCUT2D eigenvalue weighted by molar-refractivity contribution is -0.123. The third-order valence-electron chi connectivity index (χ3n) is 3.19. The van der Waals surface area contributed by atoms with E-state index in [2.05, 4.69) is 15.6 Å². The SMILES string of the molecule is CCC(C)C(N)C(=O)NCCNC(=O)c1cccnc1. The first-order valence-electron chi connectivity index (χ1n) is 6.77. The van der Waals surface area contributed by atoms with E-state index in [1.54, 1.807) is 18.3 Å². The zero-order chi connectivity index (χ0) is 15.0. The molecule has 2 amide bonds. The fourth-order valence-electron chi connectivity index (χ4n) is 1.59. The highest BCUT2D eigenvalue weighted by Crippen LogP contribution is 2.04. The Morgan fingerprint density at radius 1 is 1.35 bits per heavy atom. The van der Waals surface area contributed by atoms with Gasteiger partial charge in [-0.15, -0.1) is 0 Å². The van der Waals surface area contributed by atoms with Crippen molar-refractivity contribution < 1.29 is 9.59 Å². The second kappa shape index (κ2) is 8.27. The van der Waals surface area contributed by atoms with Crippen molar-refractivity contribution in [2.75, 3.05) is 13.1 Å². The molecule has 0 saturated carbocycles. The Morgan fingerprint density at radius 3 is 2.65 bits per heavy atom. The molecule has 0 saturated heterocycles. The molecule has 0 aliphatic rings. The van der Waals surface area contributed by atoms with Crippen molar-refractivity contribution in [3.63, 3.8) is 0 Å². The van der Waals surface area contributed by atoms with Gasteiger partial charge in [0.2, 0.25) is 5.91 Å². The Labute approximate surface area is 119 Å². The van der Waals surface area contributed by atoms with E-state index >= 15 is 0 Å². The van der Waals surface area contributed by atoms with Gasteiger partial charge in [-0.3, -0.25) is 14.6 Å². The quantitative estimate of drug-likeness (QED) is 0.625. The first kappa shape index (κ1) is 16.1. The number of nitrogens with one attached hydrogen (secondary N) is 2. The molecule has 0 fully saturated rings. The first-order valence-corrected chi connectivity index (χ1v) is 6.77. The number of hydrogen-bond donors (Lipinski definition) is 3. The van der Waals surface area contributed by atoms with Crippen molar-refractivity contribution in [1.82, 2.24) is 15.6 Å². The molecule has 1 rings (SSSR count). The second-order valence-corrected chi connectivity index (χ2v) is 4.70. The summed E-state index contributed by atoms with van der Waals surface area (Å²) in [5.41, 5.74) is 6.29. The molecule has 0 radical (unpaired) electrons. The monoisotopic (exact) mass is 278 g/mol. The number of rotatable bonds is 7. The van der Waals surface area contributed by atoms with Gasteiger partial charge in [0.15, 0.2) is 0 Å². The van der Waals surface area contributed by atoms with Crippen LogP contribution in [0.15, 0.2) is 24.5 Å². The van der Waals surface area contributed by atoms with Crippen LogP contribution in [0.5, 0.6) is 0 Å². The highest BCUT2D eigenvalue weighted by molar-refractivity contribution is 5.93. The van der Waals surface area contributed by atoms with E-state index in [1.165, 1.54) is 6.20 Å². The Morgan fingerprint density at radius 2 is 2.05 bits per heavy atom. The summed E-state index contributed by atoms with van der Waals surface area (Å²) >= 11 is 0. The molecule has 1 aromatic heterocycles. The molecule has 1 aromatic rings. The van der Waals surface area contributed by atoms with Crippen molar-refractivity contribution in [1.29, 1.82) is 0 Å². The molecule has 0 aliphatic carbocycles. The maximum absolute atomic E-state index is 11.7. The molecule has 2 atom stereocenters. The van der Waals surface area contributed by atoms with Gasteiger partial charge in [0.1, 0.15) is 0 Å². The van der Waals surface area contributed by atoms with Gasteiger partial charge >= 0.3 is 0 Å². The van der Waals surface area contributed by atoms with Crippen LogP contribution in [0.3, 0.4) is 0 Å². The van der Waals surface area contributed by atoms with Crippen molar-refractivity contribution >= 4 is 11.8 Å². The molecule has 20 heavy (non-hydrogen) atoms. The number of carbonyl (C=O) groups is 2.